The van der Waals surface area contributed by atoms with Gasteiger partial charge in [0.05, 0.1) is 5.56 Å². The van der Waals surface area contributed by atoms with Crippen LogP contribution in [0.15, 0.2) is 24.3 Å². The normalized spacial score (nSPS) is 10.7. The number of Topliss-reactive ketones (excluding diaryl/α,β-unsaturated/α-hetero) is 2. The highest BCUT2D eigenvalue weighted by atomic mass is 16.2. The number of aromatic nitrogens is 1. The predicted octanol–water partition coefficient (Wildman–Crippen LogP) is 2.26. The van der Waals surface area contributed by atoms with Gasteiger partial charge >= 0.3 is 0 Å². The number of hydrogen-bond donors (Lipinski definition) is 0. The average Bonchev–Trinajstić information content (AvgIpc) is 2.52. The summed E-state index contributed by atoms with van der Waals surface area (Å²) in [6.07, 6.45) is 0. The van der Waals surface area contributed by atoms with Gasteiger partial charge in [0.25, 0.3) is 0 Å². The van der Waals surface area contributed by atoms with Gasteiger partial charge in [0.15, 0.2) is 5.78 Å². The zero-order valence-corrected chi connectivity index (χ0v) is 9.57. The van der Waals surface area contributed by atoms with Gasteiger partial charge in [-0.3, -0.25) is 9.59 Å². The summed E-state index contributed by atoms with van der Waals surface area (Å²) in [5, 5.41) is 0.850. The molecule has 0 saturated carbocycles. The molecule has 0 unspecified atom stereocenters. The zero-order chi connectivity index (χ0) is 11.9. The third kappa shape index (κ3) is 1.36. The maximum absolute atomic E-state index is 11.8. The summed E-state index contributed by atoms with van der Waals surface area (Å²) in [7, 11) is 1.90. The van der Waals surface area contributed by atoms with E-state index in [-0.39, 0.29) is 0 Å². The van der Waals surface area contributed by atoms with Crippen LogP contribution in [0.3, 0.4) is 0 Å². The van der Waals surface area contributed by atoms with Crippen molar-refractivity contribution < 1.29 is 9.59 Å². The van der Waals surface area contributed by atoms with Crippen molar-refractivity contribution in [3.8, 4) is 0 Å². The van der Waals surface area contributed by atoms with Gasteiger partial charge in [-0.1, -0.05) is 18.2 Å². The molecule has 0 fully saturated rings. The third-order valence-corrected chi connectivity index (χ3v) is 2.95. The molecule has 3 nitrogen and oxygen atoms in total. The molecule has 0 aliphatic rings. The Morgan fingerprint density at radius 1 is 1.19 bits per heavy atom. The first kappa shape index (κ1) is 10.6. The van der Waals surface area contributed by atoms with Gasteiger partial charge in [-0.2, -0.15) is 0 Å². The van der Waals surface area contributed by atoms with Crippen LogP contribution in [0.2, 0.25) is 0 Å². The highest BCUT2D eigenvalue weighted by Gasteiger charge is 2.20. The average molecular weight is 215 g/mol. The molecule has 2 rings (SSSR count). The monoisotopic (exact) mass is 215 g/mol. The molecule has 1 aromatic heterocycles. The van der Waals surface area contributed by atoms with Gasteiger partial charge in [-0.15, -0.1) is 0 Å². The van der Waals surface area contributed by atoms with Crippen LogP contribution in [0.4, 0.5) is 0 Å². The number of carbonyl (C=O) groups is 2. The van der Waals surface area contributed by atoms with E-state index in [1.165, 1.54) is 6.92 Å². The lowest BCUT2D eigenvalue weighted by atomic mass is 10.0. The second kappa shape index (κ2) is 3.59. The van der Waals surface area contributed by atoms with Crippen LogP contribution in [0.1, 0.15) is 23.0 Å². The molecule has 3 heteroatoms. The lowest BCUT2D eigenvalue weighted by Gasteiger charge is -1.98. The molecule has 0 saturated heterocycles. The Balaban J connectivity index is 2.84. The minimum absolute atomic E-state index is 0.408. The van der Waals surface area contributed by atoms with Crippen molar-refractivity contribution in [1.29, 1.82) is 0 Å². The van der Waals surface area contributed by atoms with E-state index in [1.54, 1.807) is 0 Å². The second-order valence-corrected chi connectivity index (χ2v) is 3.92. The SMILES string of the molecule is CC(=O)C(=O)c1c(C)n(C)c2ccccc12. The molecule has 0 spiro atoms. The summed E-state index contributed by atoms with van der Waals surface area (Å²) < 4.78 is 1.94. The molecule has 82 valence electrons. The Kier molecular flexibility index (Phi) is 2.38. The van der Waals surface area contributed by atoms with Crippen molar-refractivity contribution in [3.63, 3.8) is 0 Å². The molecule has 0 amide bonds. The smallest absolute Gasteiger partial charge is 0.230 e. The van der Waals surface area contributed by atoms with Crippen LogP contribution in [-0.2, 0) is 11.8 Å². The Hall–Kier alpha value is -1.90. The Morgan fingerprint density at radius 2 is 1.81 bits per heavy atom. The molecule has 0 N–H and O–H groups in total. The lowest BCUT2D eigenvalue weighted by molar-refractivity contribution is -0.113. The summed E-state index contributed by atoms with van der Waals surface area (Å²) in [6, 6.07) is 7.61. The van der Waals surface area contributed by atoms with Crippen LogP contribution < -0.4 is 0 Å². The highest BCUT2D eigenvalue weighted by Crippen LogP contribution is 2.25. The molecular weight excluding hydrogens is 202 g/mol. The number of benzene rings is 1. The van der Waals surface area contributed by atoms with Gasteiger partial charge in [0.2, 0.25) is 5.78 Å². The number of hydrogen-bond acceptors (Lipinski definition) is 2. The van der Waals surface area contributed by atoms with Crippen molar-refractivity contribution in [1.82, 2.24) is 4.57 Å². The molecule has 0 radical (unpaired) electrons. The lowest BCUT2D eigenvalue weighted by Crippen LogP contribution is -2.11. The summed E-state index contributed by atoms with van der Waals surface area (Å²) in [5.41, 5.74) is 2.34. The van der Waals surface area contributed by atoms with Gasteiger partial charge in [0, 0.05) is 30.6 Å². The molecule has 0 aliphatic carbocycles. The van der Waals surface area contributed by atoms with E-state index in [0.717, 1.165) is 16.6 Å². The van der Waals surface area contributed by atoms with Crippen LogP contribution in [-0.4, -0.2) is 16.1 Å². The first-order valence-corrected chi connectivity index (χ1v) is 5.13. The minimum Gasteiger partial charge on any atom is -0.347 e. The second-order valence-electron chi connectivity index (χ2n) is 3.92. The Morgan fingerprint density at radius 3 is 2.44 bits per heavy atom. The molecular formula is C13H13NO2. The van der Waals surface area contributed by atoms with E-state index < -0.39 is 11.6 Å². The fourth-order valence-corrected chi connectivity index (χ4v) is 1.98. The van der Waals surface area contributed by atoms with E-state index in [2.05, 4.69) is 0 Å². The van der Waals surface area contributed by atoms with Crippen molar-refractivity contribution in [2.24, 2.45) is 7.05 Å². The number of fused-ring (bicyclic) bond motifs is 1. The van der Waals surface area contributed by atoms with E-state index in [4.69, 9.17) is 0 Å². The van der Waals surface area contributed by atoms with Crippen LogP contribution in [0.5, 0.6) is 0 Å². The van der Waals surface area contributed by atoms with Crippen LogP contribution in [0, 0.1) is 6.92 Å². The molecule has 1 aromatic carbocycles. The van der Waals surface area contributed by atoms with Gasteiger partial charge < -0.3 is 4.57 Å². The standard InChI is InChI=1S/C13H13NO2/c1-8-12(13(16)9(2)15)10-6-4-5-7-11(10)14(8)3/h4-7H,1-3H3. The topological polar surface area (TPSA) is 39.1 Å². The maximum Gasteiger partial charge on any atom is 0.230 e. The maximum atomic E-state index is 11.8. The van der Waals surface area contributed by atoms with Crippen molar-refractivity contribution in [2.75, 3.05) is 0 Å². The number of nitrogens with zero attached hydrogens (tertiary/aromatic N) is 1. The fraction of sp³-hybridized carbons (Fsp3) is 0.231. The van der Waals surface area contributed by atoms with E-state index >= 15 is 0 Å². The van der Waals surface area contributed by atoms with Gasteiger partial charge in [-0.25, -0.2) is 0 Å². The van der Waals surface area contributed by atoms with Crippen molar-refractivity contribution in [2.45, 2.75) is 13.8 Å². The first-order chi connectivity index (χ1) is 7.54. The van der Waals surface area contributed by atoms with E-state index in [9.17, 15) is 9.59 Å². The third-order valence-electron chi connectivity index (χ3n) is 2.95. The number of ketones is 2. The Labute approximate surface area is 93.7 Å². The zero-order valence-electron chi connectivity index (χ0n) is 9.57. The van der Waals surface area contributed by atoms with Gasteiger partial charge in [0.1, 0.15) is 0 Å². The van der Waals surface area contributed by atoms with Crippen molar-refractivity contribution >= 4 is 22.5 Å². The Bertz CT molecular complexity index is 593. The summed E-state index contributed by atoms with van der Waals surface area (Å²) >= 11 is 0. The molecule has 16 heavy (non-hydrogen) atoms. The first-order valence-electron chi connectivity index (χ1n) is 5.13. The summed E-state index contributed by atoms with van der Waals surface area (Å²) in [5.74, 6) is -0.825. The number of para-hydroxylation sites is 1. The summed E-state index contributed by atoms with van der Waals surface area (Å²) in [6.45, 7) is 3.17. The van der Waals surface area contributed by atoms with Crippen molar-refractivity contribution in [3.05, 3.63) is 35.5 Å². The van der Waals surface area contributed by atoms with Gasteiger partial charge in [-0.05, 0) is 13.0 Å². The minimum atomic E-state index is -0.417. The summed E-state index contributed by atoms with van der Waals surface area (Å²) in [4.78, 5) is 23.0. The van der Waals surface area contributed by atoms with Crippen LogP contribution in [0.25, 0.3) is 10.9 Å². The largest absolute Gasteiger partial charge is 0.347 e. The van der Waals surface area contributed by atoms with E-state index in [1.807, 2.05) is 42.8 Å². The van der Waals surface area contributed by atoms with E-state index in [0.29, 0.717) is 5.56 Å². The molecule has 0 atom stereocenters. The number of aryl methyl sites for hydroxylation is 1. The van der Waals surface area contributed by atoms with Crippen LogP contribution >= 0.6 is 0 Å². The number of carbonyl (C=O) groups excluding carboxylic acids is 2. The number of rotatable bonds is 2. The predicted molar refractivity (Wildman–Crippen MR) is 62.7 cm³/mol. The quantitative estimate of drug-likeness (QED) is 0.569. The highest BCUT2D eigenvalue weighted by molar-refractivity contribution is 6.45. The molecule has 0 bridgehead atoms. The fourth-order valence-electron chi connectivity index (χ4n) is 1.98. The molecule has 2 aromatic rings. The molecule has 0 aliphatic heterocycles. The molecule has 1 heterocycles.